The second-order valence-electron chi connectivity index (χ2n) is 2.76. The Morgan fingerprint density at radius 3 is 2.79 bits per heavy atom. The number of carboxylic acids is 1. The Kier molecular flexibility index (Phi) is 3.25. The van der Waals surface area contributed by atoms with Crippen LogP contribution in [0.4, 0.5) is 4.39 Å². The Hall–Kier alpha value is -1.35. The first-order chi connectivity index (χ1) is 6.52. The smallest absolute Gasteiger partial charge is 0.328 e. The molecule has 1 aromatic carbocycles. The predicted molar refractivity (Wildman–Crippen MR) is 52.8 cm³/mol. The molecule has 0 amide bonds. The number of halogens is 2. The van der Waals surface area contributed by atoms with Crippen molar-refractivity contribution in [1.82, 2.24) is 0 Å². The molecule has 0 aliphatic carbocycles. The molecule has 1 N–H and O–H groups in total. The first-order valence-corrected chi connectivity index (χ1v) is 4.26. The topological polar surface area (TPSA) is 37.3 Å². The molecule has 0 aromatic heterocycles. The fourth-order valence-electron chi connectivity index (χ4n) is 1.02. The van der Waals surface area contributed by atoms with Gasteiger partial charge in [0.25, 0.3) is 0 Å². The average molecular weight is 215 g/mol. The molecule has 0 atom stereocenters. The van der Waals surface area contributed by atoms with E-state index >= 15 is 0 Å². The van der Waals surface area contributed by atoms with Gasteiger partial charge in [-0.05, 0) is 24.6 Å². The Bertz CT molecular complexity index is 399. The van der Waals surface area contributed by atoms with Gasteiger partial charge in [-0.15, -0.1) is 0 Å². The molecule has 0 saturated carbocycles. The molecule has 0 radical (unpaired) electrons. The van der Waals surface area contributed by atoms with Crippen molar-refractivity contribution in [3.05, 3.63) is 40.2 Å². The van der Waals surface area contributed by atoms with Gasteiger partial charge in [-0.3, -0.25) is 0 Å². The van der Waals surface area contributed by atoms with E-state index in [2.05, 4.69) is 0 Å². The lowest BCUT2D eigenvalue weighted by Crippen LogP contribution is -1.91. The van der Waals surface area contributed by atoms with Gasteiger partial charge in [-0.1, -0.05) is 17.7 Å². The van der Waals surface area contributed by atoms with E-state index in [1.807, 2.05) is 0 Å². The van der Waals surface area contributed by atoms with E-state index in [9.17, 15) is 9.18 Å². The van der Waals surface area contributed by atoms with Crippen LogP contribution in [0.1, 0.15) is 11.1 Å². The summed E-state index contributed by atoms with van der Waals surface area (Å²) < 4.78 is 13.3. The maximum absolute atomic E-state index is 13.3. The van der Waals surface area contributed by atoms with E-state index in [0.29, 0.717) is 5.56 Å². The number of hydrogen-bond acceptors (Lipinski definition) is 1. The molecule has 14 heavy (non-hydrogen) atoms. The van der Waals surface area contributed by atoms with Crippen LogP contribution in [0.15, 0.2) is 18.2 Å². The number of carboxylic acid groups (broad SMARTS) is 1. The highest BCUT2D eigenvalue weighted by Gasteiger charge is 2.06. The summed E-state index contributed by atoms with van der Waals surface area (Å²) in [7, 11) is 0. The minimum absolute atomic E-state index is 0.0133. The van der Waals surface area contributed by atoms with Gasteiger partial charge in [0.05, 0.1) is 5.02 Å². The van der Waals surface area contributed by atoms with Crippen LogP contribution in [0, 0.1) is 12.7 Å². The molecule has 0 spiro atoms. The van der Waals surface area contributed by atoms with E-state index < -0.39 is 11.8 Å². The molecule has 0 fully saturated rings. The van der Waals surface area contributed by atoms with Crippen LogP contribution in [-0.2, 0) is 4.79 Å². The normalized spacial score (nSPS) is 10.8. The monoisotopic (exact) mass is 214 g/mol. The van der Waals surface area contributed by atoms with Crippen molar-refractivity contribution in [1.29, 1.82) is 0 Å². The zero-order valence-electron chi connectivity index (χ0n) is 7.42. The van der Waals surface area contributed by atoms with Gasteiger partial charge in [0.2, 0.25) is 0 Å². The standard InChI is InChI=1S/C10H8ClFO2/c1-6-2-4-8(11)10(12)7(6)3-5-9(13)14/h2-5H,1H3,(H,13,14)/b5-3+. The maximum Gasteiger partial charge on any atom is 0.328 e. The SMILES string of the molecule is Cc1ccc(Cl)c(F)c1/C=C/C(=O)O. The maximum atomic E-state index is 13.3. The summed E-state index contributed by atoms with van der Waals surface area (Å²) >= 11 is 5.54. The summed E-state index contributed by atoms with van der Waals surface area (Å²) in [6.45, 7) is 1.68. The molecular weight excluding hydrogens is 207 g/mol. The number of rotatable bonds is 2. The van der Waals surface area contributed by atoms with Crippen molar-refractivity contribution in [2.45, 2.75) is 6.92 Å². The Morgan fingerprint density at radius 1 is 1.57 bits per heavy atom. The highest BCUT2D eigenvalue weighted by molar-refractivity contribution is 6.30. The van der Waals surface area contributed by atoms with Crippen LogP contribution in [0.2, 0.25) is 5.02 Å². The van der Waals surface area contributed by atoms with E-state index in [-0.39, 0.29) is 10.6 Å². The van der Waals surface area contributed by atoms with Crippen molar-refractivity contribution >= 4 is 23.6 Å². The molecule has 0 saturated heterocycles. The molecule has 0 bridgehead atoms. The number of aliphatic carboxylic acids is 1. The van der Waals surface area contributed by atoms with Gasteiger partial charge in [0.1, 0.15) is 5.82 Å². The Balaban J connectivity index is 3.19. The summed E-state index contributed by atoms with van der Waals surface area (Å²) in [5.41, 5.74) is 0.851. The first-order valence-electron chi connectivity index (χ1n) is 3.88. The molecular formula is C10H8ClFO2. The van der Waals surface area contributed by atoms with Crippen molar-refractivity contribution in [2.75, 3.05) is 0 Å². The van der Waals surface area contributed by atoms with Crippen LogP contribution in [0.25, 0.3) is 6.08 Å². The van der Waals surface area contributed by atoms with Crippen molar-refractivity contribution in [2.24, 2.45) is 0 Å². The minimum Gasteiger partial charge on any atom is -0.478 e. The Labute approximate surface area is 85.6 Å². The van der Waals surface area contributed by atoms with Gasteiger partial charge < -0.3 is 5.11 Å². The third-order valence-electron chi connectivity index (χ3n) is 1.74. The number of aryl methyl sites for hydroxylation is 1. The van der Waals surface area contributed by atoms with E-state index in [0.717, 1.165) is 6.08 Å². The second kappa shape index (κ2) is 4.24. The van der Waals surface area contributed by atoms with Gasteiger partial charge in [-0.25, -0.2) is 9.18 Å². The molecule has 0 heterocycles. The van der Waals surface area contributed by atoms with Crippen LogP contribution < -0.4 is 0 Å². The summed E-state index contributed by atoms with van der Waals surface area (Å²) in [4.78, 5) is 10.2. The lowest BCUT2D eigenvalue weighted by molar-refractivity contribution is -0.131. The third kappa shape index (κ3) is 2.33. The molecule has 74 valence electrons. The lowest BCUT2D eigenvalue weighted by atomic mass is 10.1. The number of hydrogen-bond donors (Lipinski definition) is 1. The largest absolute Gasteiger partial charge is 0.478 e. The summed E-state index contributed by atoms with van der Waals surface area (Å²) in [6.07, 6.45) is 2.07. The van der Waals surface area contributed by atoms with Crippen LogP contribution in [0.5, 0.6) is 0 Å². The molecule has 0 aliphatic heterocycles. The second-order valence-corrected chi connectivity index (χ2v) is 3.17. The summed E-state index contributed by atoms with van der Waals surface area (Å²) in [6, 6.07) is 3.07. The predicted octanol–water partition coefficient (Wildman–Crippen LogP) is 2.89. The number of benzene rings is 1. The first kappa shape index (κ1) is 10.7. The zero-order valence-corrected chi connectivity index (χ0v) is 8.18. The van der Waals surface area contributed by atoms with Gasteiger partial charge in [0, 0.05) is 11.6 Å². The quantitative estimate of drug-likeness (QED) is 0.769. The summed E-state index contributed by atoms with van der Waals surface area (Å²) in [5, 5.41) is 8.37. The highest BCUT2D eigenvalue weighted by atomic mass is 35.5. The molecule has 0 aliphatic rings. The fraction of sp³-hybridized carbons (Fsp3) is 0.100. The Morgan fingerprint density at radius 2 is 2.21 bits per heavy atom. The molecule has 1 aromatic rings. The van der Waals surface area contributed by atoms with Crippen molar-refractivity contribution in [3.63, 3.8) is 0 Å². The number of carbonyl (C=O) groups is 1. The van der Waals surface area contributed by atoms with Crippen LogP contribution >= 0.6 is 11.6 Å². The highest BCUT2D eigenvalue weighted by Crippen LogP contribution is 2.22. The van der Waals surface area contributed by atoms with Crippen molar-refractivity contribution in [3.8, 4) is 0 Å². The molecule has 0 unspecified atom stereocenters. The lowest BCUT2D eigenvalue weighted by Gasteiger charge is -2.02. The minimum atomic E-state index is -1.12. The van der Waals surface area contributed by atoms with Crippen LogP contribution in [0.3, 0.4) is 0 Å². The van der Waals surface area contributed by atoms with Crippen LogP contribution in [-0.4, -0.2) is 11.1 Å². The molecule has 1 rings (SSSR count). The average Bonchev–Trinajstić information content (AvgIpc) is 2.11. The fourth-order valence-corrected chi connectivity index (χ4v) is 1.19. The van der Waals surface area contributed by atoms with E-state index in [4.69, 9.17) is 16.7 Å². The van der Waals surface area contributed by atoms with Gasteiger partial charge in [-0.2, -0.15) is 0 Å². The van der Waals surface area contributed by atoms with Gasteiger partial charge in [0.15, 0.2) is 0 Å². The van der Waals surface area contributed by atoms with E-state index in [1.54, 1.807) is 13.0 Å². The van der Waals surface area contributed by atoms with Crippen molar-refractivity contribution < 1.29 is 14.3 Å². The molecule has 4 heteroatoms. The summed E-state index contributed by atoms with van der Waals surface area (Å²) in [5.74, 6) is -1.71. The molecule has 2 nitrogen and oxygen atoms in total. The third-order valence-corrected chi connectivity index (χ3v) is 2.04. The zero-order chi connectivity index (χ0) is 10.7. The van der Waals surface area contributed by atoms with Gasteiger partial charge >= 0.3 is 5.97 Å². The van der Waals surface area contributed by atoms with E-state index in [1.165, 1.54) is 12.1 Å².